The highest BCUT2D eigenvalue weighted by Crippen LogP contribution is 2.23. The van der Waals surface area contributed by atoms with Gasteiger partial charge in [-0.1, -0.05) is 6.07 Å². The van der Waals surface area contributed by atoms with Gasteiger partial charge in [0.05, 0.1) is 25.0 Å². The van der Waals surface area contributed by atoms with Gasteiger partial charge in [-0.2, -0.15) is 0 Å². The second-order valence-corrected chi connectivity index (χ2v) is 6.23. The third-order valence-electron chi connectivity index (χ3n) is 3.05. The Balaban J connectivity index is 2.21. The minimum atomic E-state index is -3.70. The predicted molar refractivity (Wildman–Crippen MR) is 80.4 cm³/mol. The lowest BCUT2D eigenvalue weighted by Gasteiger charge is -2.11. The highest BCUT2D eigenvalue weighted by Gasteiger charge is 2.18. The molecule has 0 amide bonds. The van der Waals surface area contributed by atoms with Gasteiger partial charge in [-0.15, -0.1) is 0 Å². The molecule has 0 unspecified atom stereocenters. The standard InChI is InChI=1S/C14H17N3O3S/c1-10-4-3-7-16-13(10)9-17-21(18,19)14-6-5-11(20-2)8-12(14)15/h3-8,17H,9,15H2,1-2H3. The van der Waals surface area contributed by atoms with Gasteiger partial charge in [-0.3, -0.25) is 4.98 Å². The van der Waals surface area contributed by atoms with Crippen LogP contribution in [-0.2, 0) is 16.6 Å². The molecule has 0 aliphatic heterocycles. The normalized spacial score (nSPS) is 11.3. The first-order valence-electron chi connectivity index (χ1n) is 6.27. The molecule has 0 aliphatic rings. The number of aromatic nitrogens is 1. The summed E-state index contributed by atoms with van der Waals surface area (Å²) in [6, 6.07) is 8.12. The third-order valence-corrected chi connectivity index (χ3v) is 4.53. The SMILES string of the molecule is COc1ccc(S(=O)(=O)NCc2ncccc2C)c(N)c1. The topological polar surface area (TPSA) is 94.3 Å². The molecule has 0 bridgehead atoms. The van der Waals surface area contributed by atoms with Crippen LogP contribution < -0.4 is 15.2 Å². The summed E-state index contributed by atoms with van der Waals surface area (Å²) in [5.41, 5.74) is 7.50. The van der Waals surface area contributed by atoms with Gasteiger partial charge < -0.3 is 10.5 Å². The molecule has 1 aromatic carbocycles. The van der Waals surface area contributed by atoms with Crippen molar-refractivity contribution in [2.24, 2.45) is 0 Å². The van der Waals surface area contributed by atoms with Crippen LogP contribution in [0.4, 0.5) is 5.69 Å². The summed E-state index contributed by atoms with van der Waals surface area (Å²) >= 11 is 0. The summed E-state index contributed by atoms with van der Waals surface area (Å²) < 4.78 is 32.1. The Morgan fingerprint density at radius 3 is 2.71 bits per heavy atom. The molecule has 0 spiro atoms. The highest BCUT2D eigenvalue weighted by molar-refractivity contribution is 7.89. The molecule has 1 heterocycles. The number of nitrogens with one attached hydrogen (secondary N) is 1. The maximum atomic E-state index is 12.3. The van der Waals surface area contributed by atoms with Crippen LogP contribution in [0.25, 0.3) is 0 Å². The number of ether oxygens (including phenoxy) is 1. The number of nitrogens with zero attached hydrogens (tertiary/aromatic N) is 1. The number of sulfonamides is 1. The number of nitrogen functional groups attached to an aromatic ring is 1. The van der Waals surface area contributed by atoms with Crippen molar-refractivity contribution in [3.63, 3.8) is 0 Å². The number of benzene rings is 1. The fourth-order valence-electron chi connectivity index (χ4n) is 1.84. The molecule has 112 valence electrons. The Hall–Kier alpha value is -2.12. The van der Waals surface area contributed by atoms with Gasteiger partial charge in [-0.05, 0) is 30.7 Å². The van der Waals surface area contributed by atoms with Crippen molar-refractivity contribution in [3.8, 4) is 5.75 Å². The predicted octanol–water partition coefficient (Wildman–Crippen LogP) is 1.46. The van der Waals surface area contributed by atoms with Gasteiger partial charge in [0, 0.05) is 12.3 Å². The van der Waals surface area contributed by atoms with Crippen molar-refractivity contribution in [2.45, 2.75) is 18.4 Å². The number of rotatable bonds is 5. The van der Waals surface area contributed by atoms with Crippen LogP contribution in [0.5, 0.6) is 5.75 Å². The van der Waals surface area contributed by atoms with E-state index >= 15 is 0 Å². The molecule has 3 N–H and O–H groups in total. The molecule has 6 nitrogen and oxygen atoms in total. The smallest absolute Gasteiger partial charge is 0.242 e. The van der Waals surface area contributed by atoms with Gasteiger partial charge in [0.1, 0.15) is 10.6 Å². The zero-order valence-electron chi connectivity index (χ0n) is 11.8. The first kappa shape index (κ1) is 15.3. The summed E-state index contributed by atoms with van der Waals surface area (Å²) in [6.45, 7) is 1.98. The van der Waals surface area contributed by atoms with Gasteiger partial charge in [0.25, 0.3) is 0 Å². The number of nitrogens with two attached hydrogens (primary N) is 1. The minimum Gasteiger partial charge on any atom is -0.497 e. The van der Waals surface area contributed by atoms with E-state index in [0.717, 1.165) is 5.56 Å². The molecular weight excluding hydrogens is 290 g/mol. The quantitative estimate of drug-likeness (QED) is 0.816. The minimum absolute atomic E-state index is 0.0249. The number of hydrogen-bond donors (Lipinski definition) is 2. The van der Waals surface area contributed by atoms with E-state index in [-0.39, 0.29) is 17.1 Å². The average molecular weight is 307 g/mol. The maximum absolute atomic E-state index is 12.3. The summed E-state index contributed by atoms with van der Waals surface area (Å²) in [7, 11) is -2.21. The van der Waals surface area contributed by atoms with E-state index in [1.807, 2.05) is 13.0 Å². The van der Waals surface area contributed by atoms with Crippen LogP contribution in [0.1, 0.15) is 11.3 Å². The molecule has 2 rings (SSSR count). The average Bonchev–Trinajstić information content (AvgIpc) is 2.46. The molecule has 7 heteroatoms. The monoisotopic (exact) mass is 307 g/mol. The number of pyridine rings is 1. The highest BCUT2D eigenvalue weighted by atomic mass is 32.2. The van der Waals surface area contributed by atoms with Crippen molar-refractivity contribution in [3.05, 3.63) is 47.8 Å². The first-order chi connectivity index (χ1) is 9.94. The summed E-state index contributed by atoms with van der Waals surface area (Å²) in [6.07, 6.45) is 1.62. The lowest BCUT2D eigenvalue weighted by atomic mass is 10.2. The Bertz CT molecular complexity index is 745. The molecule has 2 aromatic rings. The van der Waals surface area contributed by atoms with E-state index in [1.165, 1.54) is 19.2 Å². The fourth-order valence-corrected chi connectivity index (χ4v) is 2.94. The van der Waals surface area contributed by atoms with Crippen LogP contribution >= 0.6 is 0 Å². The zero-order chi connectivity index (χ0) is 15.5. The van der Waals surface area contributed by atoms with Crippen LogP contribution in [0, 0.1) is 6.92 Å². The number of aryl methyl sites for hydroxylation is 1. The molecule has 0 saturated carbocycles. The summed E-state index contributed by atoms with van der Waals surface area (Å²) in [5, 5.41) is 0. The van der Waals surface area contributed by atoms with E-state index in [0.29, 0.717) is 11.4 Å². The summed E-state index contributed by atoms with van der Waals surface area (Å²) in [4.78, 5) is 4.17. The van der Waals surface area contributed by atoms with Crippen LogP contribution in [0.3, 0.4) is 0 Å². The van der Waals surface area contributed by atoms with Crippen LogP contribution in [-0.4, -0.2) is 20.5 Å². The van der Waals surface area contributed by atoms with E-state index in [1.54, 1.807) is 18.3 Å². The van der Waals surface area contributed by atoms with E-state index in [9.17, 15) is 8.42 Å². The second-order valence-electron chi connectivity index (χ2n) is 4.50. The Morgan fingerprint density at radius 2 is 2.10 bits per heavy atom. The van der Waals surface area contributed by atoms with Crippen molar-refractivity contribution in [1.82, 2.24) is 9.71 Å². The van der Waals surface area contributed by atoms with Crippen molar-refractivity contribution in [1.29, 1.82) is 0 Å². The Morgan fingerprint density at radius 1 is 1.33 bits per heavy atom. The van der Waals surface area contributed by atoms with Gasteiger partial charge in [0.2, 0.25) is 10.0 Å². The molecule has 21 heavy (non-hydrogen) atoms. The molecule has 1 aromatic heterocycles. The molecule has 0 atom stereocenters. The van der Waals surface area contributed by atoms with Gasteiger partial charge >= 0.3 is 0 Å². The number of anilines is 1. The third kappa shape index (κ3) is 3.50. The van der Waals surface area contributed by atoms with E-state index in [2.05, 4.69) is 9.71 Å². The zero-order valence-corrected chi connectivity index (χ0v) is 12.6. The van der Waals surface area contributed by atoms with Gasteiger partial charge in [0.15, 0.2) is 0 Å². The Kier molecular flexibility index (Phi) is 4.44. The fraction of sp³-hybridized carbons (Fsp3) is 0.214. The molecule has 0 saturated heterocycles. The summed E-state index contributed by atoms with van der Waals surface area (Å²) in [5.74, 6) is 0.507. The van der Waals surface area contributed by atoms with Crippen molar-refractivity contribution >= 4 is 15.7 Å². The second kappa shape index (κ2) is 6.11. The molecule has 0 aliphatic carbocycles. The van der Waals surface area contributed by atoms with E-state index in [4.69, 9.17) is 10.5 Å². The van der Waals surface area contributed by atoms with Crippen molar-refractivity contribution in [2.75, 3.05) is 12.8 Å². The van der Waals surface area contributed by atoms with Crippen molar-refractivity contribution < 1.29 is 13.2 Å². The molecule has 0 radical (unpaired) electrons. The number of hydrogen-bond acceptors (Lipinski definition) is 5. The van der Waals surface area contributed by atoms with Gasteiger partial charge in [-0.25, -0.2) is 13.1 Å². The number of methoxy groups -OCH3 is 1. The van der Waals surface area contributed by atoms with Crippen LogP contribution in [0.15, 0.2) is 41.4 Å². The lowest BCUT2D eigenvalue weighted by molar-refractivity contribution is 0.414. The molecule has 0 fully saturated rings. The Labute approximate surface area is 124 Å². The van der Waals surface area contributed by atoms with E-state index < -0.39 is 10.0 Å². The molecular formula is C14H17N3O3S. The first-order valence-corrected chi connectivity index (χ1v) is 7.76. The maximum Gasteiger partial charge on any atom is 0.242 e. The van der Waals surface area contributed by atoms with Crippen LogP contribution in [0.2, 0.25) is 0 Å². The largest absolute Gasteiger partial charge is 0.497 e. The lowest BCUT2D eigenvalue weighted by Crippen LogP contribution is -2.25.